The fourth-order valence-corrected chi connectivity index (χ4v) is 2.53. The molecule has 5 nitrogen and oxygen atoms in total. The Bertz CT molecular complexity index is 730. The maximum Gasteiger partial charge on any atom is 0.415 e. The van der Waals surface area contributed by atoms with Crippen LogP contribution in [0.15, 0.2) is 42.9 Å². The van der Waals surface area contributed by atoms with E-state index < -0.39 is 0 Å². The quantitative estimate of drug-likeness (QED) is 0.860. The third-order valence-electron chi connectivity index (χ3n) is 3.54. The van der Waals surface area contributed by atoms with Crippen LogP contribution in [0.25, 0.3) is 16.6 Å². The summed E-state index contributed by atoms with van der Waals surface area (Å²) in [5.74, 6) is 0.415. The summed E-state index contributed by atoms with van der Waals surface area (Å²) >= 11 is 0. The predicted octanol–water partition coefficient (Wildman–Crippen LogP) is 3.32. The molecule has 3 heterocycles. The first-order chi connectivity index (χ1) is 10.1. The van der Waals surface area contributed by atoms with Crippen molar-refractivity contribution in [2.45, 2.75) is 13.3 Å². The van der Waals surface area contributed by atoms with Gasteiger partial charge in [0.15, 0.2) is 0 Å². The summed E-state index contributed by atoms with van der Waals surface area (Å²) in [5.41, 5.74) is 3.30. The summed E-state index contributed by atoms with van der Waals surface area (Å²) in [6, 6.07) is 4.05. The number of amides is 1. The molecule has 1 N–H and O–H groups in total. The van der Waals surface area contributed by atoms with E-state index in [1.807, 2.05) is 18.3 Å². The number of aromatic amines is 1. The monoisotopic (exact) mass is 283 g/mol. The van der Waals surface area contributed by atoms with Crippen LogP contribution in [0, 0.1) is 0 Å². The molecular formula is C16H17N3O2. The number of allylic oxidation sites excluding steroid dienone is 1. The molecular weight excluding hydrogens is 266 g/mol. The maximum absolute atomic E-state index is 11.8. The minimum atomic E-state index is -0.334. The van der Waals surface area contributed by atoms with Crippen molar-refractivity contribution in [1.29, 1.82) is 0 Å². The van der Waals surface area contributed by atoms with E-state index in [1.54, 1.807) is 18.0 Å². The lowest BCUT2D eigenvalue weighted by atomic mass is 9.98. The fourth-order valence-electron chi connectivity index (χ4n) is 2.53. The second-order valence-corrected chi connectivity index (χ2v) is 5.09. The van der Waals surface area contributed by atoms with Gasteiger partial charge in [-0.1, -0.05) is 12.7 Å². The van der Waals surface area contributed by atoms with Gasteiger partial charge in [-0.2, -0.15) is 0 Å². The third-order valence-corrected chi connectivity index (χ3v) is 3.54. The number of carbonyl (C=O) groups excluding carboxylic acids is 1. The van der Waals surface area contributed by atoms with Gasteiger partial charge in [-0.05, 0) is 36.6 Å². The molecule has 0 aliphatic carbocycles. The molecule has 0 spiro atoms. The molecule has 1 amide bonds. The summed E-state index contributed by atoms with van der Waals surface area (Å²) in [7, 11) is 0. The molecule has 1 aliphatic rings. The fraction of sp³-hybridized carbons (Fsp3) is 0.250. The summed E-state index contributed by atoms with van der Waals surface area (Å²) < 4.78 is 5.04. The van der Waals surface area contributed by atoms with Crippen molar-refractivity contribution in [3.8, 4) is 0 Å². The minimum absolute atomic E-state index is 0.334. The number of aromatic nitrogens is 2. The molecule has 5 heteroatoms. The number of ether oxygens (including phenoxy) is 1. The van der Waals surface area contributed by atoms with E-state index in [-0.39, 0.29) is 6.09 Å². The number of rotatable bonds is 2. The first-order valence-electron chi connectivity index (χ1n) is 6.89. The van der Waals surface area contributed by atoms with Crippen LogP contribution < -0.4 is 0 Å². The Hall–Kier alpha value is -2.56. The molecule has 0 saturated carbocycles. The van der Waals surface area contributed by atoms with Gasteiger partial charge >= 0.3 is 6.09 Å². The molecule has 2 aromatic rings. The number of H-pyrrole nitrogens is 1. The number of pyridine rings is 1. The summed E-state index contributed by atoms with van der Waals surface area (Å²) in [6.07, 6.45) is 6.23. The van der Waals surface area contributed by atoms with Crippen molar-refractivity contribution in [2.24, 2.45) is 0 Å². The van der Waals surface area contributed by atoms with E-state index in [2.05, 4.69) is 22.6 Å². The van der Waals surface area contributed by atoms with Gasteiger partial charge < -0.3 is 14.6 Å². The van der Waals surface area contributed by atoms with Crippen LogP contribution in [0.5, 0.6) is 0 Å². The largest absolute Gasteiger partial charge is 0.416 e. The van der Waals surface area contributed by atoms with Crippen LogP contribution in [0.2, 0.25) is 0 Å². The van der Waals surface area contributed by atoms with Crippen LogP contribution in [0.4, 0.5) is 4.79 Å². The summed E-state index contributed by atoms with van der Waals surface area (Å²) in [4.78, 5) is 20.9. The number of nitrogens with zero attached hydrogens (tertiary/aromatic N) is 2. The van der Waals surface area contributed by atoms with E-state index in [0.717, 1.165) is 17.5 Å². The van der Waals surface area contributed by atoms with Crippen LogP contribution >= 0.6 is 0 Å². The minimum Gasteiger partial charge on any atom is -0.416 e. The van der Waals surface area contributed by atoms with Crippen LogP contribution in [0.3, 0.4) is 0 Å². The Kier molecular flexibility index (Phi) is 3.48. The van der Waals surface area contributed by atoms with Gasteiger partial charge in [0.05, 0.1) is 5.76 Å². The molecule has 108 valence electrons. The van der Waals surface area contributed by atoms with E-state index in [1.165, 1.54) is 11.1 Å². The molecule has 1 aliphatic heterocycles. The van der Waals surface area contributed by atoms with Crippen molar-refractivity contribution in [3.63, 3.8) is 0 Å². The highest BCUT2D eigenvalue weighted by molar-refractivity contribution is 5.90. The zero-order valence-electron chi connectivity index (χ0n) is 11.9. The molecule has 0 bridgehead atoms. The Balaban J connectivity index is 1.80. The zero-order chi connectivity index (χ0) is 14.8. The first-order valence-corrected chi connectivity index (χ1v) is 6.89. The van der Waals surface area contributed by atoms with Crippen LogP contribution in [-0.4, -0.2) is 34.1 Å². The molecule has 0 fully saturated rings. The van der Waals surface area contributed by atoms with Gasteiger partial charge in [-0.3, -0.25) is 0 Å². The Labute approximate surface area is 122 Å². The second-order valence-electron chi connectivity index (χ2n) is 5.09. The van der Waals surface area contributed by atoms with Gasteiger partial charge in [0.1, 0.15) is 5.65 Å². The highest BCUT2D eigenvalue weighted by atomic mass is 16.6. The topological polar surface area (TPSA) is 58.2 Å². The highest BCUT2D eigenvalue weighted by Gasteiger charge is 2.20. The second kappa shape index (κ2) is 5.44. The zero-order valence-corrected chi connectivity index (χ0v) is 11.9. The molecule has 0 aromatic carbocycles. The van der Waals surface area contributed by atoms with Crippen molar-refractivity contribution < 1.29 is 9.53 Å². The van der Waals surface area contributed by atoms with Crippen LogP contribution in [-0.2, 0) is 4.74 Å². The van der Waals surface area contributed by atoms with Crippen molar-refractivity contribution in [3.05, 3.63) is 48.5 Å². The van der Waals surface area contributed by atoms with E-state index in [0.29, 0.717) is 18.8 Å². The third kappa shape index (κ3) is 2.67. The average Bonchev–Trinajstić information content (AvgIpc) is 2.95. The Morgan fingerprint density at radius 1 is 1.48 bits per heavy atom. The lowest BCUT2D eigenvalue weighted by Gasteiger charge is -2.26. The molecule has 0 unspecified atom stereocenters. The van der Waals surface area contributed by atoms with E-state index >= 15 is 0 Å². The number of carbonyl (C=O) groups is 1. The smallest absolute Gasteiger partial charge is 0.415 e. The van der Waals surface area contributed by atoms with Crippen LogP contribution in [0.1, 0.15) is 18.9 Å². The normalized spacial score (nSPS) is 14.9. The Morgan fingerprint density at radius 3 is 3.05 bits per heavy atom. The summed E-state index contributed by atoms with van der Waals surface area (Å²) in [5, 5.41) is 1.11. The molecule has 0 saturated heterocycles. The molecule has 3 rings (SSSR count). The first kappa shape index (κ1) is 13.4. The van der Waals surface area contributed by atoms with E-state index in [4.69, 9.17) is 4.74 Å². The van der Waals surface area contributed by atoms with Gasteiger partial charge in [0.25, 0.3) is 0 Å². The number of hydrogen-bond donors (Lipinski definition) is 1. The molecule has 0 radical (unpaired) electrons. The summed E-state index contributed by atoms with van der Waals surface area (Å²) in [6.45, 7) is 6.45. The van der Waals surface area contributed by atoms with E-state index in [9.17, 15) is 4.79 Å². The lowest BCUT2D eigenvalue weighted by Crippen LogP contribution is -2.34. The average molecular weight is 283 g/mol. The van der Waals surface area contributed by atoms with Gasteiger partial charge in [0.2, 0.25) is 0 Å². The Morgan fingerprint density at radius 2 is 2.33 bits per heavy atom. The van der Waals surface area contributed by atoms with Gasteiger partial charge in [0, 0.05) is 30.9 Å². The standard InChI is InChI=1S/C16H17N3O2/c1-11(2)21-16(20)19-9-5-12(6-10-19)13-3-7-17-15-14(13)4-8-18-15/h3-5,7-8H,1,6,9-10H2,2H3,(H,17,18). The molecule has 21 heavy (non-hydrogen) atoms. The van der Waals surface area contributed by atoms with Crippen molar-refractivity contribution >= 4 is 22.7 Å². The lowest BCUT2D eigenvalue weighted by molar-refractivity contribution is 0.133. The van der Waals surface area contributed by atoms with Gasteiger partial charge in [-0.25, -0.2) is 9.78 Å². The number of nitrogens with one attached hydrogen (secondary N) is 1. The molecule has 2 aromatic heterocycles. The van der Waals surface area contributed by atoms with Gasteiger partial charge in [-0.15, -0.1) is 0 Å². The highest BCUT2D eigenvalue weighted by Crippen LogP contribution is 2.28. The van der Waals surface area contributed by atoms with Crippen molar-refractivity contribution in [1.82, 2.24) is 14.9 Å². The maximum atomic E-state index is 11.8. The predicted molar refractivity (Wildman–Crippen MR) is 81.6 cm³/mol. The molecule has 0 atom stereocenters. The number of hydrogen-bond acceptors (Lipinski definition) is 3. The SMILES string of the molecule is C=C(C)OC(=O)N1CC=C(c2ccnc3[nH]ccc23)CC1. The number of fused-ring (bicyclic) bond motifs is 1. The van der Waals surface area contributed by atoms with Crippen molar-refractivity contribution in [2.75, 3.05) is 13.1 Å².